The molecule has 0 unspecified atom stereocenters. The summed E-state index contributed by atoms with van der Waals surface area (Å²) in [6, 6.07) is 55.9. The topological polar surface area (TPSA) is 51.9 Å². The predicted molar refractivity (Wildman–Crippen MR) is 308 cm³/mol. The fraction of sp³-hybridized carbons (Fsp3) is 0.303. The third-order valence-electron chi connectivity index (χ3n) is 15.5. The van der Waals surface area contributed by atoms with Gasteiger partial charge in [0.2, 0.25) is 0 Å². The lowest BCUT2D eigenvalue weighted by atomic mass is 9.75. The number of nitrogens with zero attached hydrogens (tertiary/aromatic N) is 4. The van der Waals surface area contributed by atoms with Crippen LogP contribution >= 0.6 is 0 Å². The second-order valence-corrected chi connectivity index (χ2v) is 22.3. The van der Waals surface area contributed by atoms with Crippen LogP contribution in [0.4, 0.5) is 5.69 Å². The number of hydrogen-bond donors (Lipinski definition) is 0. The Bertz CT molecular complexity index is 3250. The summed E-state index contributed by atoms with van der Waals surface area (Å²) in [6.45, 7) is 28.4. The Balaban J connectivity index is 1.03. The van der Waals surface area contributed by atoms with Gasteiger partial charge in [-0.3, -0.25) is 9.56 Å². The van der Waals surface area contributed by atoms with Crippen molar-refractivity contribution in [3.8, 4) is 61.6 Å². The summed E-state index contributed by atoms with van der Waals surface area (Å²) in [6.07, 6.45) is 4.03. The lowest BCUT2D eigenvalue weighted by Gasteiger charge is -2.32. The van der Waals surface area contributed by atoms with E-state index in [1.165, 1.54) is 33.6 Å². The van der Waals surface area contributed by atoms with Gasteiger partial charge >= 0.3 is 7.12 Å². The van der Waals surface area contributed by atoms with Crippen LogP contribution in [-0.2, 0) is 9.31 Å². The summed E-state index contributed by atoms with van der Waals surface area (Å²) in [5.41, 5.74) is 19.2. The molecular weight excluding hydrogens is 892 g/mol. The summed E-state index contributed by atoms with van der Waals surface area (Å²) >= 11 is 0. The van der Waals surface area contributed by atoms with Crippen molar-refractivity contribution in [2.24, 2.45) is 4.99 Å². The van der Waals surface area contributed by atoms with Gasteiger partial charge in [0, 0.05) is 35.8 Å². The zero-order valence-electron chi connectivity index (χ0n) is 45.0. The van der Waals surface area contributed by atoms with E-state index in [-0.39, 0.29) is 0 Å². The van der Waals surface area contributed by atoms with Gasteiger partial charge in [0.25, 0.3) is 0 Å². The van der Waals surface area contributed by atoms with Crippen molar-refractivity contribution >= 4 is 24.1 Å². The maximum absolute atomic E-state index is 6.79. The van der Waals surface area contributed by atoms with Gasteiger partial charge in [-0.2, -0.15) is 0 Å². The fourth-order valence-electron chi connectivity index (χ4n) is 10.9. The summed E-state index contributed by atoms with van der Waals surface area (Å²) in [4.78, 5) is 12.5. The van der Waals surface area contributed by atoms with Crippen LogP contribution in [0, 0.1) is 0 Å². The number of para-hydroxylation sites is 2. The van der Waals surface area contributed by atoms with Crippen molar-refractivity contribution in [2.75, 3.05) is 18.0 Å². The number of hydrogen-bond acceptors (Lipinski definition) is 5. The van der Waals surface area contributed by atoms with E-state index in [1.807, 2.05) is 6.20 Å². The Morgan fingerprint density at radius 2 is 0.877 bits per heavy atom. The van der Waals surface area contributed by atoms with Gasteiger partial charge in [0.15, 0.2) is 0 Å². The Labute approximate surface area is 435 Å². The first kappa shape index (κ1) is 49.8. The molecule has 0 amide bonds. The Hall–Kier alpha value is -6.80. The standard InChI is InChI=1S/C66H71BN4O2/c1-42(2)53-23-17-24-54(43(3)4)61(53)70-37-35-68-63(70)48-31-27-46(28-32-48)57-19-13-15-21-59(57)50-39-51(41-52(40-50)67-72-65(9,10)66(11,12)73-67)60-22-16-14-20-58(60)47-29-33-49(34-30-47)64-69-36-38-71(64)62-55(44(5)6)25-18-26-56(62)45(7)8/h13-35,37,39-45H,36,38H2,1-12H3. The number of anilines is 1. The molecule has 7 heteroatoms. The highest BCUT2D eigenvalue weighted by Crippen LogP contribution is 2.42. The maximum atomic E-state index is 6.79. The molecular formula is C66H71BN4O2. The van der Waals surface area contributed by atoms with Crippen molar-refractivity contribution in [3.05, 3.63) is 192 Å². The molecule has 2 aliphatic heterocycles. The van der Waals surface area contributed by atoms with Crippen molar-refractivity contribution in [1.82, 2.24) is 9.55 Å². The molecule has 1 aromatic heterocycles. The predicted octanol–water partition coefficient (Wildman–Crippen LogP) is 16.3. The van der Waals surface area contributed by atoms with Gasteiger partial charge in [-0.05, 0) is 130 Å². The van der Waals surface area contributed by atoms with Crippen LogP contribution in [-0.4, -0.2) is 46.8 Å². The molecule has 0 N–H and O–H groups in total. The minimum atomic E-state index is -0.547. The van der Waals surface area contributed by atoms with E-state index in [2.05, 4.69) is 250 Å². The van der Waals surface area contributed by atoms with Crippen LogP contribution < -0.4 is 10.4 Å². The van der Waals surface area contributed by atoms with E-state index in [9.17, 15) is 0 Å². The molecule has 2 aliphatic rings. The molecule has 0 aliphatic carbocycles. The number of rotatable bonds is 13. The normalized spacial score (nSPS) is 15.4. The molecule has 7 aromatic carbocycles. The fourth-order valence-corrected chi connectivity index (χ4v) is 10.9. The number of amidine groups is 1. The zero-order valence-corrected chi connectivity index (χ0v) is 45.0. The Kier molecular flexibility index (Phi) is 13.6. The molecule has 10 rings (SSSR count). The van der Waals surface area contributed by atoms with Gasteiger partial charge < -0.3 is 14.2 Å². The number of imidazole rings is 1. The second-order valence-electron chi connectivity index (χ2n) is 22.3. The van der Waals surface area contributed by atoms with Crippen molar-refractivity contribution in [3.63, 3.8) is 0 Å². The van der Waals surface area contributed by atoms with Gasteiger partial charge in [-0.1, -0.05) is 201 Å². The van der Waals surface area contributed by atoms with Crippen LogP contribution in [0.5, 0.6) is 0 Å². The Morgan fingerprint density at radius 3 is 1.33 bits per heavy atom. The monoisotopic (exact) mass is 963 g/mol. The Morgan fingerprint density at radius 1 is 0.466 bits per heavy atom. The summed E-state index contributed by atoms with van der Waals surface area (Å²) in [5.74, 6) is 3.52. The van der Waals surface area contributed by atoms with Crippen LogP contribution in [0.1, 0.15) is 135 Å². The van der Waals surface area contributed by atoms with E-state index in [0.717, 1.165) is 85.8 Å². The van der Waals surface area contributed by atoms with E-state index < -0.39 is 18.3 Å². The van der Waals surface area contributed by atoms with Gasteiger partial charge in [-0.15, -0.1) is 0 Å². The average Bonchev–Trinajstić information content (AvgIpc) is 4.13. The molecule has 0 bridgehead atoms. The smallest absolute Gasteiger partial charge is 0.399 e. The third kappa shape index (κ3) is 9.43. The molecule has 6 nitrogen and oxygen atoms in total. The number of benzene rings is 7. The molecule has 1 saturated heterocycles. The molecule has 0 atom stereocenters. The average molecular weight is 963 g/mol. The first-order valence-electron chi connectivity index (χ1n) is 26.5. The van der Waals surface area contributed by atoms with Crippen LogP contribution in [0.15, 0.2) is 169 Å². The SMILES string of the molecule is CC(C)c1cccc(C(C)C)c1N1CCN=C1c1ccc(-c2ccccc2-c2cc(B3OC(C)(C)C(C)(C)O3)cc(-c3ccccc3-c3ccc(-c4nccn4-c4c(C(C)C)cccc4C(C)C)cc3)c2)cc1. The lowest BCUT2D eigenvalue weighted by Crippen LogP contribution is -2.41. The van der Waals surface area contributed by atoms with Crippen LogP contribution in [0.2, 0.25) is 0 Å². The van der Waals surface area contributed by atoms with E-state index in [1.54, 1.807) is 0 Å². The second kappa shape index (κ2) is 19.9. The number of aliphatic imine (C=N–C) groups is 1. The quantitative estimate of drug-likeness (QED) is 0.108. The van der Waals surface area contributed by atoms with Crippen molar-refractivity contribution in [2.45, 2.75) is 118 Å². The highest BCUT2D eigenvalue weighted by atomic mass is 16.7. The lowest BCUT2D eigenvalue weighted by molar-refractivity contribution is 0.00578. The molecule has 3 heterocycles. The van der Waals surface area contributed by atoms with E-state index in [4.69, 9.17) is 19.3 Å². The highest BCUT2D eigenvalue weighted by molar-refractivity contribution is 6.62. The number of aromatic nitrogens is 2. The van der Waals surface area contributed by atoms with Gasteiger partial charge in [-0.25, -0.2) is 4.98 Å². The summed E-state index contributed by atoms with van der Waals surface area (Å²) in [7, 11) is -0.547. The molecule has 0 radical (unpaired) electrons. The minimum absolute atomic E-state index is 0.369. The first-order chi connectivity index (χ1) is 35.0. The summed E-state index contributed by atoms with van der Waals surface area (Å²) < 4.78 is 15.9. The minimum Gasteiger partial charge on any atom is -0.399 e. The summed E-state index contributed by atoms with van der Waals surface area (Å²) in [5, 5.41) is 0. The maximum Gasteiger partial charge on any atom is 0.494 e. The van der Waals surface area contributed by atoms with Gasteiger partial charge in [0.05, 0.1) is 23.4 Å². The van der Waals surface area contributed by atoms with Gasteiger partial charge in [0.1, 0.15) is 11.7 Å². The largest absolute Gasteiger partial charge is 0.494 e. The zero-order chi connectivity index (χ0) is 51.3. The molecule has 0 saturated carbocycles. The van der Waals surface area contributed by atoms with E-state index >= 15 is 0 Å². The molecule has 1 fully saturated rings. The van der Waals surface area contributed by atoms with Crippen LogP contribution in [0.25, 0.3) is 61.6 Å². The molecule has 370 valence electrons. The van der Waals surface area contributed by atoms with E-state index in [0.29, 0.717) is 23.7 Å². The molecule has 0 spiro atoms. The molecule has 73 heavy (non-hydrogen) atoms. The van der Waals surface area contributed by atoms with Crippen molar-refractivity contribution in [1.29, 1.82) is 0 Å². The molecule has 8 aromatic rings. The van der Waals surface area contributed by atoms with Crippen molar-refractivity contribution < 1.29 is 9.31 Å². The van der Waals surface area contributed by atoms with Crippen LogP contribution in [0.3, 0.4) is 0 Å². The third-order valence-corrected chi connectivity index (χ3v) is 15.5. The highest BCUT2D eigenvalue weighted by Gasteiger charge is 2.52. The first-order valence-corrected chi connectivity index (χ1v) is 26.5.